The molecular formula is C10H11NO4. The first kappa shape index (κ1) is 11.0. The lowest BCUT2D eigenvalue weighted by Gasteiger charge is -2.13. The van der Waals surface area contributed by atoms with Crippen molar-refractivity contribution in [3.63, 3.8) is 0 Å². The van der Waals surface area contributed by atoms with Crippen LogP contribution in [0.5, 0.6) is 5.75 Å². The molecule has 0 radical (unpaired) electrons. The lowest BCUT2D eigenvalue weighted by molar-refractivity contribution is -0.135. The minimum Gasteiger partial charge on any atom is -0.465 e. The summed E-state index contributed by atoms with van der Waals surface area (Å²) in [4.78, 5) is 19.6. The maximum Gasteiger partial charge on any atom is 0.402 e. The highest BCUT2D eigenvalue weighted by Gasteiger charge is 2.15. The van der Waals surface area contributed by atoms with Gasteiger partial charge in [-0.15, -0.1) is 0 Å². The molecule has 1 aromatic rings. The van der Waals surface area contributed by atoms with Crippen LogP contribution in [0.15, 0.2) is 24.3 Å². The Bertz CT molecular complexity index is 371. The second kappa shape index (κ2) is 4.99. The lowest BCUT2D eigenvalue weighted by atomic mass is 10.1. The minimum atomic E-state index is -1.33. The number of nitrogens with two attached hydrogens (primary N) is 1. The van der Waals surface area contributed by atoms with Crippen LogP contribution in [-0.4, -0.2) is 17.2 Å². The average molecular weight is 209 g/mol. The van der Waals surface area contributed by atoms with E-state index in [1.807, 2.05) is 24.3 Å². The van der Waals surface area contributed by atoms with Crippen molar-refractivity contribution in [2.45, 2.75) is 12.8 Å². The zero-order valence-corrected chi connectivity index (χ0v) is 7.97. The first-order valence-electron chi connectivity index (χ1n) is 4.36. The van der Waals surface area contributed by atoms with Gasteiger partial charge in [-0.2, -0.15) is 0 Å². The summed E-state index contributed by atoms with van der Waals surface area (Å²) in [6.07, 6.45) is -0.00792. The summed E-state index contributed by atoms with van der Waals surface area (Å²) in [5, 5.41) is 7.19. The normalized spacial score (nSPS) is 12.9. The lowest BCUT2D eigenvalue weighted by Crippen LogP contribution is -2.15. The maximum atomic E-state index is 10.8. The molecule has 0 unspecified atom stereocenters. The Kier molecular flexibility index (Phi) is 3.68. The highest BCUT2D eigenvalue weighted by Crippen LogP contribution is 2.23. The van der Waals surface area contributed by atoms with Crippen LogP contribution in [-0.2, 0) is 11.2 Å². The van der Waals surface area contributed by atoms with Gasteiger partial charge in [-0.1, -0.05) is 18.2 Å². The fourth-order valence-corrected chi connectivity index (χ4v) is 1.22. The molecule has 0 fully saturated rings. The van der Waals surface area contributed by atoms with Crippen LogP contribution in [0.2, 0.25) is 0 Å². The monoisotopic (exact) mass is 209 g/mol. The largest absolute Gasteiger partial charge is 0.465 e. The van der Waals surface area contributed by atoms with E-state index in [9.17, 15) is 4.79 Å². The summed E-state index contributed by atoms with van der Waals surface area (Å²) in [6, 6.07) is 7.64. The number of benzene rings is 1. The Labute approximate surface area is 86.5 Å². The van der Waals surface area contributed by atoms with Crippen LogP contribution in [0.4, 0.5) is 4.79 Å². The Morgan fingerprint density at radius 1 is 1.33 bits per heavy atom. The van der Waals surface area contributed by atoms with Crippen molar-refractivity contribution in [3.8, 4) is 5.75 Å². The predicted octanol–water partition coefficient (Wildman–Crippen LogP) is 1.16. The van der Waals surface area contributed by atoms with Gasteiger partial charge in [0.1, 0.15) is 5.75 Å². The van der Waals surface area contributed by atoms with E-state index in [0.717, 1.165) is 17.7 Å². The molecule has 80 valence electrons. The maximum absolute atomic E-state index is 10.8. The number of carbonyl (C=O) groups excluding carboxylic acids is 1. The average Bonchev–Trinajstić information content (AvgIpc) is 2.16. The van der Waals surface area contributed by atoms with Crippen LogP contribution in [0, 0.1) is 0 Å². The summed E-state index contributed by atoms with van der Waals surface area (Å²) < 4.78 is 4.99. The van der Waals surface area contributed by atoms with Crippen molar-refractivity contribution < 1.29 is 19.4 Å². The standard InChI is InChI=1S/C9H8O2.CH3NO2/c10-9-6-5-7-3-1-2-4-8(7)11-9;2-1(3)4/h1-4H,5-6H2;2H2,(H,3,4). The molecule has 5 heteroatoms. The van der Waals surface area contributed by atoms with E-state index in [-0.39, 0.29) is 5.97 Å². The second-order valence-electron chi connectivity index (χ2n) is 2.92. The topological polar surface area (TPSA) is 89.6 Å². The van der Waals surface area contributed by atoms with Crippen molar-refractivity contribution in [1.29, 1.82) is 0 Å². The van der Waals surface area contributed by atoms with E-state index in [1.54, 1.807) is 0 Å². The number of rotatable bonds is 0. The van der Waals surface area contributed by atoms with Gasteiger partial charge in [0.15, 0.2) is 0 Å². The molecule has 1 aromatic carbocycles. The van der Waals surface area contributed by atoms with Crippen LogP contribution in [0.25, 0.3) is 0 Å². The van der Waals surface area contributed by atoms with Crippen molar-refractivity contribution >= 4 is 12.1 Å². The van der Waals surface area contributed by atoms with Gasteiger partial charge in [0.25, 0.3) is 0 Å². The van der Waals surface area contributed by atoms with Gasteiger partial charge >= 0.3 is 12.1 Å². The van der Waals surface area contributed by atoms with Gasteiger partial charge < -0.3 is 15.6 Å². The summed E-state index contributed by atoms with van der Waals surface area (Å²) in [5.74, 6) is 0.604. The zero-order valence-electron chi connectivity index (χ0n) is 7.97. The molecular weight excluding hydrogens is 198 g/mol. The number of fused-ring (bicyclic) bond motifs is 1. The van der Waals surface area contributed by atoms with Crippen LogP contribution in [0.1, 0.15) is 12.0 Å². The molecule has 0 bridgehead atoms. The van der Waals surface area contributed by atoms with Crippen molar-refractivity contribution in [2.75, 3.05) is 0 Å². The molecule has 3 N–H and O–H groups in total. The molecule has 0 aromatic heterocycles. The van der Waals surface area contributed by atoms with Gasteiger partial charge in [-0.3, -0.25) is 4.79 Å². The van der Waals surface area contributed by atoms with E-state index in [1.165, 1.54) is 0 Å². The first-order chi connectivity index (χ1) is 7.09. The van der Waals surface area contributed by atoms with Crippen LogP contribution >= 0.6 is 0 Å². The SMILES string of the molecule is NC(=O)O.O=C1CCc2ccccc2O1. The zero-order chi connectivity index (χ0) is 11.3. The van der Waals surface area contributed by atoms with Crippen LogP contribution in [0.3, 0.4) is 0 Å². The summed E-state index contributed by atoms with van der Waals surface area (Å²) in [6.45, 7) is 0. The molecule has 1 aliphatic heterocycles. The van der Waals surface area contributed by atoms with Gasteiger partial charge in [-0.25, -0.2) is 4.79 Å². The third-order valence-electron chi connectivity index (χ3n) is 1.79. The number of esters is 1. The quantitative estimate of drug-likeness (QED) is 0.495. The van der Waals surface area contributed by atoms with Gasteiger partial charge in [0.2, 0.25) is 0 Å². The molecule has 0 aliphatic carbocycles. The Morgan fingerprint density at radius 3 is 2.60 bits per heavy atom. The molecule has 0 saturated carbocycles. The minimum absolute atomic E-state index is 0.122. The number of hydrogen-bond acceptors (Lipinski definition) is 3. The Balaban J connectivity index is 0.000000245. The van der Waals surface area contributed by atoms with E-state index < -0.39 is 6.09 Å². The molecule has 0 atom stereocenters. The summed E-state index contributed by atoms with van der Waals surface area (Å²) >= 11 is 0. The molecule has 15 heavy (non-hydrogen) atoms. The van der Waals surface area contributed by atoms with Crippen LogP contribution < -0.4 is 10.5 Å². The predicted molar refractivity (Wildman–Crippen MR) is 52.6 cm³/mol. The number of carboxylic acid groups (broad SMARTS) is 1. The Morgan fingerprint density at radius 2 is 1.93 bits per heavy atom. The number of carbonyl (C=O) groups is 2. The van der Waals surface area contributed by atoms with Crippen molar-refractivity contribution in [2.24, 2.45) is 5.73 Å². The molecule has 0 spiro atoms. The summed E-state index contributed by atoms with van der Waals surface area (Å²) in [5.41, 5.74) is 5.16. The second-order valence-corrected chi connectivity index (χ2v) is 2.92. The number of ether oxygens (including phenoxy) is 1. The summed E-state index contributed by atoms with van der Waals surface area (Å²) in [7, 11) is 0. The molecule has 1 heterocycles. The van der Waals surface area contributed by atoms with Crippen molar-refractivity contribution in [3.05, 3.63) is 29.8 Å². The fraction of sp³-hybridized carbons (Fsp3) is 0.200. The van der Waals surface area contributed by atoms with Gasteiger partial charge in [-0.05, 0) is 18.1 Å². The fourth-order valence-electron chi connectivity index (χ4n) is 1.22. The smallest absolute Gasteiger partial charge is 0.402 e. The number of aryl methyl sites for hydroxylation is 1. The number of primary amides is 1. The highest BCUT2D eigenvalue weighted by molar-refractivity contribution is 5.75. The van der Waals surface area contributed by atoms with E-state index in [2.05, 4.69) is 5.73 Å². The number of amides is 1. The molecule has 1 aliphatic rings. The molecule has 5 nitrogen and oxygen atoms in total. The van der Waals surface area contributed by atoms with Gasteiger partial charge in [0, 0.05) is 0 Å². The molecule has 0 saturated heterocycles. The number of para-hydroxylation sites is 1. The van der Waals surface area contributed by atoms with E-state index in [0.29, 0.717) is 6.42 Å². The van der Waals surface area contributed by atoms with Gasteiger partial charge in [0.05, 0.1) is 6.42 Å². The highest BCUT2D eigenvalue weighted by atomic mass is 16.5. The molecule has 1 amide bonds. The van der Waals surface area contributed by atoms with Crippen molar-refractivity contribution in [1.82, 2.24) is 0 Å². The third-order valence-corrected chi connectivity index (χ3v) is 1.79. The third kappa shape index (κ3) is 3.68. The first-order valence-corrected chi connectivity index (χ1v) is 4.36. The molecule has 2 rings (SSSR count). The van der Waals surface area contributed by atoms with E-state index >= 15 is 0 Å². The van der Waals surface area contributed by atoms with E-state index in [4.69, 9.17) is 14.6 Å². The number of hydrogen-bond donors (Lipinski definition) is 2. The Hall–Kier alpha value is -2.04.